The zero-order valence-corrected chi connectivity index (χ0v) is 18.3. The van der Waals surface area contributed by atoms with Gasteiger partial charge in [0.05, 0.1) is 19.3 Å². The topological polar surface area (TPSA) is 36.0 Å². The Labute approximate surface area is 184 Å². The minimum atomic E-state index is -0.200. The van der Waals surface area contributed by atoms with E-state index in [1.807, 2.05) is 34.1 Å². The Morgan fingerprint density at radius 1 is 0.968 bits per heavy atom. The summed E-state index contributed by atoms with van der Waals surface area (Å²) in [4.78, 5) is 19.5. The average molecular weight is 426 g/mol. The van der Waals surface area contributed by atoms with E-state index in [-0.39, 0.29) is 17.8 Å². The number of halogens is 1. The van der Waals surface area contributed by atoms with Gasteiger partial charge in [0.15, 0.2) is 0 Å². The van der Waals surface area contributed by atoms with Crippen molar-refractivity contribution in [1.29, 1.82) is 0 Å². The van der Waals surface area contributed by atoms with Gasteiger partial charge in [-0.1, -0.05) is 37.1 Å². The van der Waals surface area contributed by atoms with Crippen molar-refractivity contribution < 1.29 is 13.9 Å². The van der Waals surface area contributed by atoms with Crippen LogP contribution in [-0.2, 0) is 4.79 Å². The van der Waals surface area contributed by atoms with E-state index >= 15 is 0 Å². The number of methoxy groups -OCH3 is 1. The number of benzene rings is 2. The highest BCUT2D eigenvalue weighted by Crippen LogP contribution is 2.31. The summed E-state index contributed by atoms with van der Waals surface area (Å²) >= 11 is 0. The first-order chi connectivity index (χ1) is 15.2. The fourth-order valence-corrected chi connectivity index (χ4v) is 4.74. The van der Waals surface area contributed by atoms with Gasteiger partial charge in [-0.2, -0.15) is 0 Å². The van der Waals surface area contributed by atoms with Crippen molar-refractivity contribution in [2.75, 3.05) is 51.3 Å². The summed E-state index contributed by atoms with van der Waals surface area (Å²) in [5, 5.41) is 0. The van der Waals surface area contributed by atoms with Crippen molar-refractivity contribution >= 4 is 11.6 Å². The largest absolute Gasteiger partial charge is 0.497 e. The van der Waals surface area contributed by atoms with Crippen LogP contribution in [0.25, 0.3) is 0 Å². The Morgan fingerprint density at radius 3 is 2.42 bits per heavy atom. The van der Waals surface area contributed by atoms with Crippen LogP contribution in [-0.4, -0.2) is 62.1 Å². The zero-order chi connectivity index (χ0) is 21.6. The van der Waals surface area contributed by atoms with Crippen molar-refractivity contribution in [1.82, 2.24) is 9.80 Å². The molecule has 2 aromatic carbocycles. The Kier molecular flexibility index (Phi) is 7.07. The molecule has 0 spiro atoms. The quantitative estimate of drug-likeness (QED) is 0.723. The van der Waals surface area contributed by atoms with Crippen molar-refractivity contribution in [3.05, 3.63) is 59.9 Å². The lowest BCUT2D eigenvalue weighted by atomic mass is 10.0. The van der Waals surface area contributed by atoms with E-state index in [0.29, 0.717) is 38.4 Å². The third kappa shape index (κ3) is 5.18. The molecular weight excluding hydrogens is 393 g/mol. The Balaban J connectivity index is 1.38. The molecule has 1 unspecified atom stereocenters. The molecule has 0 aromatic heterocycles. The summed E-state index contributed by atoms with van der Waals surface area (Å²) in [6.45, 7) is 3.97. The molecule has 2 aliphatic heterocycles. The standard InChI is InChI=1S/C25H32FN3O2/c1-31-21-12-10-20(11-13-21)23-8-3-2-6-14-29(23)19-25(30)28-17-15-27(16-18-28)24-9-5-4-7-22(24)26/h4-5,7,9-13,23H,2-3,6,8,14-19H2,1H3. The predicted octanol–water partition coefficient (Wildman–Crippen LogP) is 4.10. The smallest absolute Gasteiger partial charge is 0.236 e. The van der Waals surface area contributed by atoms with Gasteiger partial charge in [0.1, 0.15) is 11.6 Å². The van der Waals surface area contributed by atoms with Crippen LogP contribution in [0.15, 0.2) is 48.5 Å². The number of hydrogen-bond acceptors (Lipinski definition) is 4. The van der Waals surface area contributed by atoms with Crippen molar-refractivity contribution in [3.8, 4) is 5.75 Å². The van der Waals surface area contributed by atoms with Gasteiger partial charge in [0.25, 0.3) is 0 Å². The van der Waals surface area contributed by atoms with Gasteiger partial charge in [-0.3, -0.25) is 9.69 Å². The van der Waals surface area contributed by atoms with Gasteiger partial charge in [-0.15, -0.1) is 0 Å². The number of amides is 1. The van der Waals surface area contributed by atoms with Crippen molar-refractivity contribution in [2.45, 2.75) is 31.7 Å². The molecule has 4 rings (SSSR count). The van der Waals surface area contributed by atoms with Crippen LogP contribution in [0, 0.1) is 5.82 Å². The number of para-hydroxylation sites is 1. The van der Waals surface area contributed by atoms with Crippen LogP contribution in [0.4, 0.5) is 10.1 Å². The maximum atomic E-state index is 14.1. The first-order valence-electron chi connectivity index (χ1n) is 11.3. The third-order valence-electron chi connectivity index (χ3n) is 6.53. The molecule has 0 saturated carbocycles. The number of piperazine rings is 1. The first kappa shape index (κ1) is 21.6. The summed E-state index contributed by atoms with van der Waals surface area (Å²) in [5.41, 5.74) is 1.88. The molecule has 1 amide bonds. The van der Waals surface area contributed by atoms with Gasteiger partial charge in [-0.05, 0) is 49.2 Å². The minimum Gasteiger partial charge on any atom is -0.497 e. The van der Waals surface area contributed by atoms with E-state index in [0.717, 1.165) is 25.1 Å². The highest BCUT2D eigenvalue weighted by atomic mass is 19.1. The van der Waals surface area contributed by atoms with Crippen molar-refractivity contribution in [3.63, 3.8) is 0 Å². The molecule has 0 bridgehead atoms. The van der Waals surface area contributed by atoms with E-state index in [1.54, 1.807) is 13.2 Å². The number of anilines is 1. The summed E-state index contributed by atoms with van der Waals surface area (Å²) in [6.07, 6.45) is 4.59. The number of likely N-dealkylation sites (tertiary alicyclic amines) is 1. The molecule has 0 aliphatic carbocycles. The summed E-state index contributed by atoms with van der Waals surface area (Å²) in [5.74, 6) is 0.829. The molecular formula is C25H32FN3O2. The molecule has 2 aromatic rings. The van der Waals surface area contributed by atoms with Gasteiger partial charge in [0, 0.05) is 32.2 Å². The predicted molar refractivity (Wildman–Crippen MR) is 121 cm³/mol. The highest BCUT2D eigenvalue weighted by Gasteiger charge is 2.28. The lowest BCUT2D eigenvalue weighted by molar-refractivity contribution is -0.133. The molecule has 0 radical (unpaired) electrons. The number of carbonyl (C=O) groups excluding carboxylic acids is 1. The molecule has 2 heterocycles. The van der Waals surface area contributed by atoms with Crippen molar-refractivity contribution in [2.24, 2.45) is 0 Å². The Hall–Kier alpha value is -2.60. The summed E-state index contributed by atoms with van der Waals surface area (Å²) < 4.78 is 19.4. The lowest BCUT2D eigenvalue weighted by Gasteiger charge is -2.38. The highest BCUT2D eigenvalue weighted by molar-refractivity contribution is 5.78. The summed E-state index contributed by atoms with van der Waals surface area (Å²) in [7, 11) is 1.68. The van der Waals surface area contributed by atoms with E-state index < -0.39 is 0 Å². The second-order valence-electron chi connectivity index (χ2n) is 8.43. The fourth-order valence-electron chi connectivity index (χ4n) is 4.74. The molecule has 5 nitrogen and oxygen atoms in total. The molecule has 2 aliphatic rings. The fraction of sp³-hybridized carbons (Fsp3) is 0.480. The molecule has 31 heavy (non-hydrogen) atoms. The van der Waals surface area contributed by atoms with E-state index in [9.17, 15) is 9.18 Å². The Bertz CT molecular complexity index is 865. The minimum absolute atomic E-state index is 0.175. The van der Waals surface area contributed by atoms with Crippen LogP contribution in [0.1, 0.15) is 37.3 Å². The van der Waals surface area contributed by atoms with Gasteiger partial charge < -0.3 is 14.5 Å². The van der Waals surface area contributed by atoms with Crippen LogP contribution >= 0.6 is 0 Å². The van der Waals surface area contributed by atoms with Crippen LogP contribution in [0.2, 0.25) is 0 Å². The normalized spacial score (nSPS) is 20.4. The second kappa shape index (κ2) is 10.1. The van der Waals surface area contributed by atoms with E-state index in [2.05, 4.69) is 17.0 Å². The third-order valence-corrected chi connectivity index (χ3v) is 6.53. The van der Waals surface area contributed by atoms with E-state index in [1.165, 1.54) is 24.5 Å². The zero-order valence-electron chi connectivity index (χ0n) is 18.3. The molecule has 1 atom stereocenters. The van der Waals surface area contributed by atoms with Crippen LogP contribution in [0.5, 0.6) is 5.75 Å². The molecule has 166 valence electrons. The SMILES string of the molecule is COc1ccc(C2CCCCCN2CC(=O)N2CCN(c3ccccc3F)CC2)cc1. The first-order valence-corrected chi connectivity index (χ1v) is 11.3. The second-order valence-corrected chi connectivity index (χ2v) is 8.43. The van der Waals surface area contributed by atoms with Gasteiger partial charge in [0.2, 0.25) is 5.91 Å². The maximum absolute atomic E-state index is 14.1. The average Bonchev–Trinajstić information content (AvgIpc) is 3.05. The lowest BCUT2D eigenvalue weighted by Crippen LogP contribution is -2.51. The molecule has 2 saturated heterocycles. The Morgan fingerprint density at radius 2 is 1.71 bits per heavy atom. The molecule has 2 fully saturated rings. The van der Waals surface area contributed by atoms with Gasteiger partial charge in [-0.25, -0.2) is 4.39 Å². The number of nitrogens with zero attached hydrogens (tertiary/aromatic N) is 3. The molecule has 0 N–H and O–H groups in total. The van der Waals surface area contributed by atoms with Crippen LogP contribution in [0.3, 0.4) is 0 Å². The number of hydrogen-bond donors (Lipinski definition) is 0. The van der Waals surface area contributed by atoms with E-state index in [4.69, 9.17) is 4.74 Å². The maximum Gasteiger partial charge on any atom is 0.236 e. The number of ether oxygens (including phenoxy) is 1. The van der Waals surface area contributed by atoms with Gasteiger partial charge >= 0.3 is 0 Å². The molecule has 6 heteroatoms. The van der Waals surface area contributed by atoms with Crippen LogP contribution < -0.4 is 9.64 Å². The number of rotatable bonds is 5. The monoisotopic (exact) mass is 425 g/mol. The number of carbonyl (C=O) groups is 1. The summed E-state index contributed by atoms with van der Waals surface area (Å²) in [6, 6.07) is 15.4.